The molecular weight excluding hydrogens is 543 g/mol. The van der Waals surface area contributed by atoms with Crippen LogP contribution in [-0.2, 0) is 37.3 Å². The number of hydrogen-bond donors (Lipinski definition) is 1. The Kier molecular flexibility index (Phi) is 29.3. The molecule has 0 aromatic rings. The molecule has 0 rings (SSSR count). The first kappa shape index (κ1) is 35.4. The zero-order valence-corrected chi connectivity index (χ0v) is 24.3. The third kappa shape index (κ3) is 30.5. The predicted octanol–water partition coefficient (Wildman–Crippen LogP) is 5.52. The first-order valence-corrected chi connectivity index (χ1v) is 15.8. The Bertz CT molecular complexity index is 461. The molecule has 0 aliphatic carbocycles. The molecule has 0 heterocycles. The standard InChI is InChI=1S/C24H50BrO9P/c1-2-3-4-5-6-7-8-9-10-11-13-28-15-16-29-17-18-30-19-20-31-21-22-32-23-24-34-35(26,27)33-14-12-25/h2-24H2,1H3,(H,26,27). The molecule has 0 bridgehead atoms. The van der Waals surface area contributed by atoms with Gasteiger partial charge in [0, 0.05) is 11.9 Å². The van der Waals surface area contributed by atoms with Gasteiger partial charge in [-0.3, -0.25) is 9.05 Å². The van der Waals surface area contributed by atoms with Crippen LogP contribution in [0.5, 0.6) is 0 Å². The topological polar surface area (TPSA) is 102 Å². The highest BCUT2D eigenvalue weighted by Crippen LogP contribution is 2.42. The van der Waals surface area contributed by atoms with Crippen molar-refractivity contribution in [3.63, 3.8) is 0 Å². The van der Waals surface area contributed by atoms with E-state index in [0.29, 0.717) is 58.2 Å². The predicted molar refractivity (Wildman–Crippen MR) is 141 cm³/mol. The molecule has 1 N–H and O–H groups in total. The number of unbranched alkanes of at least 4 members (excludes halogenated alkanes) is 9. The molecule has 9 nitrogen and oxygen atoms in total. The van der Waals surface area contributed by atoms with Crippen LogP contribution in [0.3, 0.4) is 0 Å². The number of rotatable bonds is 30. The molecule has 0 aromatic carbocycles. The van der Waals surface area contributed by atoms with Crippen molar-refractivity contribution in [1.82, 2.24) is 0 Å². The molecule has 0 amide bonds. The lowest BCUT2D eigenvalue weighted by atomic mass is 10.1. The Labute approximate surface area is 221 Å². The van der Waals surface area contributed by atoms with Crippen LogP contribution in [0.4, 0.5) is 0 Å². The second-order valence-electron chi connectivity index (χ2n) is 8.07. The molecule has 0 aliphatic heterocycles. The zero-order chi connectivity index (χ0) is 25.7. The van der Waals surface area contributed by atoms with Crippen LogP contribution in [0.2, 0.25) is 0 Å². The summed E-state index contributed by atoms with van der Waals surface area (Å²) in [5.41, 5.74) is 0. The maximum atomic E-state index is 11.4. The van der Waals surface area contributed by atoms with Crippen LogP contribution in [0.25, 0.3) is 0 Å². The molecular formula is C24H50BrO9P. The number of ether oxygens (including phenoxy) is 5. The van der Waals surface area contributed by atoms with Gasteiger partial charge in [-0.25, -0.2) is 4.57 Å². The monoisotopic (exact) mass is 592 g/mol. The maximum Gasteiger partial charge on any atom is 0.472 e. The molecule has 212 valence electrons. The summed E-state index contributed by atoms with van der Waals surface area (Å²) in [5.74, 6) is 0. The average molecular weight is 594 g/mol. The summed E-state index contributed by atoms with van der Waals surface area (Å²) in [6.07, 6.45) is 13.3. The van der Waals surface area contributed by atoms with Gasteiger partial charge >= 0.3 is 7.82 Å². The van der Waals surface area contributed by atoms with E-state index in [1.165, 1.54) is 57.8 Å². The molecule has 1 atom stereocenters. The van der Waals surface area contributed by atoms with Crippen molar-refractivity contribution in [2.24, 2.45) is 0 Å². The molecule has 1 unspecified atom stereocenters. The van der Waals surface area contributed by atoms with Crippen molar-refractivity contribution in [1.29, 1.82) is 0 Å². The fraction of sp³-hybridized carbons (Fsp3) is 1.00. The van der Waals surface area contributed by atoms with Crippen molar-refractivity contribution >= 4 is 23.8 Å². The summed E-state index contributed by atoms with van der Waals surface area (Å²) >= 11 is 3.10. The Morgan fingerprint density at radius 3 is 1.29 bits per heavy atom. The van der Waals surface area contributed by atoms with E-state index >= 15 is 0 Å². The van der Waals surface area contributed by atoms with Crippen LogP contribution >= 0.6 is 23.8 Å². The van der Waals surface area contributed by atoms with Crippen LogP contribution in [0, 0.1) is 0 Å². The van der Waals surface area contributed by atoms with Gasteiger partial charge in [0.15, 0.2) is 0 Å². The fourth-order valence-electron chi connectivity index (χ4n) is 3.07. The minimum atomic E-state index is -3.98. The Morgan fingerprint density at radius 1 is 0.514 bits per heavy atom. The van der Waals surface area contributed by atoms with E-state index in [-0.39, 0.29) is 19.8 Å². The number of halogens is 1. The van der Waals surface area contributed by atoms with Crippen molar-refractivity contribution in [3.05, 3.63) is 0 Å². The number of alkyl halides is 1. The molecule has 35 heavy (non-hydrogen) atoms. The highest BCUT2D eigenvalue weighted by Gasteiger charge is 2.19. The second kappa shape index (κ2) is 29.0. The molecule has 0 fully saturated rings. The van der Waals surface area contributed by atoms with Gasteiger partial charge in [-0.2, -0.15) is 0 Å². The Balaban J connectivity index is 3.11. The van der Waals surface area contributed by atoms with E-state index in [2.05, 4.69) is 27.4 Å². The highest BCUT2D eigenvalue weighted by atomic mass is 79.9. The van der Waals surface area contributed by atoms with Gasteiger partial charge in [-0.1, -0.05) is 80.6 Å². The zero-order valence-electron chi connectivity index (χ0n) is 21.8. The lowest BCUT2D eigenvalue weighted by Gasteiger charge is -2.11. The van der Waals surface area contributed by atoms with Crippen molar-refractivity contribution in [2.45, 2.75) is 71.1 Å². The first-order valence-electron chi connectivity index (χ1n) is 13.2. The van der Waals surface area contributed by atoms with Crippen molar-refractivity contribution in [2.75, 3.05) is 84.6 Å². The molecule has 0 radical (unpaired) electrons. The normalized spacial score (nSPS) is 13.3. The molecule has 0 spiro atoms. The number of hydrogen-bond acceptors (Lipinski definition) is 8. The molecule has 0 saturated heterocycles. The summed E-state index contributed by atoms with van der Waals surface area (Å²) in [6.45, 7) is 7.35. The third-order valence-corrected chi connectivity index (χ3v) is 6.29. The van der Waals surface area contributed by atoms with E-state index in [0.717, 1.165) is 13.0 Å². The van der Waals surface area contributed by atoms with E-state index < -0.39 is 7.82 Å². The third-order valence-electron chi connectivity index (χ3n) is 4.94. The molecule has 0 aromatic heterocycles. The lowest BCUT2D eigenvalue weighted by Crippen LogP contribution is -2.14. The van der Waals surface area contributed by atoms with Gasteiger partial charge in [0.05, 0.1) is 72.7 Å². The quantitative estimate of drug-likeness (QED) is 0.0656. The summed E-state index contributed by atoms with van der Waals surface area (Å²) in [4.78, 5) is 9.31. The minimum Gasteiger partial charge on any atom is -0.379 e. The SMILES string of the molecule is CCCCCCCCCCCCOCCOCCOCCOCCOCCOP(=O)(O)OCCBr. The maximum absolute atomic E-state index is 11.4. The molecule has 11 heteroatoms. The van der Waals surface area contributed by atoms with Gasteiger partial charge in [-0.15, -0.1) is 0 Å². The van der Waals surface area contributed by atoms with Gasteiger partial charge in [-0.05, 0) is 6.42 Å². The number of phosphoric ester groups is 1. The first-order chi connectivity index (χ1) is 17.1. The molecule has 0 saturated carbocycles. The number of phosphoric acid groups is 1. The fourth-order valence-corrected chi connectivity index (χ4v) is 4.19. The summed E-state index contributed by atoms with van der Waals surface area (Å²) in [7, 11) is -3.98. The van der Waals surface area contributed by atoms with Crippen LogP contribution in [0.1, 0.15) is 71.1 Å². The Hall–Kier alpha value is 0.390. The van der Waals surface area contributed by atoms with E-state index in [1.54, 1.807) is 0 Å². The van der Waals surface area contributed by atoms with E-state index in [4.69, 9.17) is 28.2 Å². The van der Waals surface area contributed by atoms with Gasteiger partial charge in [0.2, 0.25) is 0 Å². The van der Waals surface area contributed by atoms with Crippen LogP contribution < -0.4 is 0 Å². The van der Waals surface area contributed by atoms with Crippen LogP contribution in [-0.4, -0.2) is 89.5 Å². The van der Waals surface area contributed by atoms with Gasteiger partial charge in [0.25, 0.3) is 0 Å². The lowest BCUT2D eigenvalue weighted by molar-refractivity contribution is -0.0136. The highest BCUT2D eigenvalue weighted by molar-refractivity contribution is 9.09. The summed E-state index contributed by atoms with van der Waals surface area (Å²) in [5, 5.41) is 0.458. The van der Waals surface area contributed by atoms with Gasteiger partial charge in [0.1, 0.15) is 0 Å². The second-order valence-corrected chi connectivity index (χ2v) is 10.3. The smallest absolute Gasteiger partial charge is 0.379 e. The summed E-state index contributed by atoms with van der Waals surface area (Å²) in [6, 6.07) is 0. The van der Waals surface area contributed by atoms with E-state index in [1.807, 2.05) is 0 Å². The largest absolute Gasteiger partial charge is 0.472 e. The van der Waals surface area contributed by atoms with E-state index in [9.17, 15) is 9.46 Å². The van der Waals surface area contributed by atoms with Crippen molar-refractivity contribution < 1.29 is 42.2 Å². The minimum absolute atomic E-state index is 0.0243. The summed E-state index contributed by atoms with van der Waals surface area (Å²) < 4.78 is 48.0. The molecule has 0 aliphatic rings. The average Bonchev–Trinajstić information content (AvgIpc) is 2.85. The van der Waals surface area contributed by atoms with Crippen molar-refractivity contribution in [3.8, 4) is 0 Å². The Morgan fingerprint density at radius 2 is 0.857 bits per heavy atom. The van der Waals surface area contributed by atoms with Crippen LogP contribution in [0.15, 0.2) is 0 Å². The van der Waals surface area contributed by atoms with Gasteiger partial charge < -0.3 is 28.6 Å².